The maximum atomic E-state index is 13.2. The third-order valence-corrected chi connectivity index (χ3v) is 5.90. The summed E-state index contributed by atoms with van der Waals surface area (Å²) in [5.41, 5.74) is 0.719. The second-order valence-electron chi connectivity index (χ2n) is 6.67. The van der Waals surface area contributed by atoms with Crippen LogP contribution in [0.25, 0.3) is 10.2 Å². The summed E-state index contributed by atoms with van der Waals surface area (Å²) in [7, 11) is 0. The van der Waals surface area contributed by atoms with Gasteiger partial charge in [0.1, 0.15) is 9.71 Å². The zero-order valence-corrected chi connectivity index (χ0v) is 15.8. The third-order valence-electron chi connectivity index (χ3n) is 4.69. The topological polar surface area (TPSA) is 65.4 Å². The number of thiophene rings is 1. The quantitative estimate of drug-likeness (QED) is 0.480. The van der Waals surface area contributed by atoms with Gasteiger partial charge in [0.15, 0.2) is 5.78 Å². The molecule has 0 spiro atoms. The summed E-state index contributed by atoms with van der Waals surface area (Å²) < 4.78 is 6.88. The van der Waals surface area contributed by atoms with Crippen molar-refractivity contribution in [2.75, 3.05) is 6.61 Å². The Morgan fingerprint density at radius 2 is 1.89 bits per heavy atom. The van der Waals surface area contributed by atoms with Crippen LogP contribution >= 0.6 is 11.3 Å². The molecule has 1 fully saturated rings. The number of pyridine rings is 1. The van der Waals surface area contributed by atoms with Crippen molar-refractivity contribution in [1.82, 2.24) is 4.57 Å². The van der Waals surface area contributed by atoms with Gasteiger partial charge in [-0.05, 0) is 31.7 Å². The first kappa shape index (κ1) is 17.7. The van der Waals surface area contributed by atoms with Crippen LogP contribution in [-0.2, 0) is 11.3 Å². The minimum Gasteiger partial charge on any atom is -0.462 e. The van der Waals surface area contributed by atoms with Gasteiger partial charge in [0.05, 0.1) is 12.2 Å². The number of carbonyl (C=O) groups is 2. The number of fused-ring (bicyclic) bond motifs is 1. The lowest BCUT2D eigenvalue weighted by Gasteiger charge is -2.06. The van der Waals surface area contributed by atoms with Crippen molar-refractivity contribution in [3.05, 3.63) is 68.8 Å². The van der Waals surface area contributed by atoms with Crippen molar-refractivity contribution >= 4 is 33.3 Å². The monoisotopic (exact) mass is 381 g/mol. The van der Waals surface area contributed by atoms with Gasteiger partial charge in [-0.2, -0.15) is 0 Å². The van der Waals surface area contributed by atoms with E-state index in [1.165, 1.54) is 17.4 Å². The molecule has 5 nitrogen and oxygen atoms in total. The summed E-state index contributed by atoms with van der Waals surface area (Å²) in [6.45, 7) is 2.58. The minimum absolute atomic E-state index is 0.107. The number of hydrogen-bond acceptors (Lipinski definition) is 5. The van der Waals surface area contributed by atoms with Crippen molar-refractivity contribution in [3.8, 4) is 0 Å². The molecule has 1 aromatic carbocycles. The van der Waals surface area contributed by atoms with E-state index in [1.54, 1.807) is 41.8 Å². The smallest absolute Gasteiger partial charge is 0.349 e. The molecule has 4 rings (SSSR count). The SMILES string of the molecule is CCOC(=O)c1sc2c(ccc(=O)n2CC2CC2)c1C(=O)c1ccccc1. The fourth-order valence-electron chi connectivity index (χ4n) is 3.16. The Kier molecular flexibility index (Phi) is 4.66. The molecule has 1 aliphatic carbocycles. The molecule has 2 aromatic heterocycles. The number of carbonyl (C=O) groups excluding carboxylic acids is 2. The Bertz CT molecular complexity index is 1080. The van der Waals surface area contributed by atoms with Crippen molar-refractivity contribution in [2.45, 2.75) is 26.3 Å². The van der Waals surface area contributed by atoms with Crippen LogP contribution in [0.4, 0.5) is 0 Å². The molecule has 3 aromatic rings. The summed E-state index contributed by atoms with van der Waals surface area (Å²) in [5, 5.41) is 0.636. The molecule has 1 aliphatic rings. The van der Waals surface area contributed by atoms with E-state index >= 15 is 0 Å². The summed E-state index contributed by atoms with van der Waals surface area (Å²) in [6.07, 6.45) is 2.21. The number of rotatable bonds is 6. The number of esters is 1. The molecule has 0 N–H and O–H groups in total. The van der Waals surface area contributed by atoms with E-state index < -0.39 is 5.97 Å². The maximum Gasteiger partial charge on any atom is 0.349 e. The molecule has 27 heavy (non-hydrogen) atoms. The van der Waals surface area contributed by atoms with E-state index in [9.17, 15) is 14.4 Å². The van der Waals surface area contributed by atoms with Gasteiger partial charge >= 0.3 is 5.97 Å². The summed E-state index contributed by atoms with van der Waals surface area (Å²) in [5.74, 6) is -0.264. The number of ketones is 1. The number of aromatic nitrogens is 1. The normalized spacial score (nSPS) is 13.7. The molecule has 0 unspecified atom stereocenters. The lowest BCUT2D eigenvalue weighted by atomic mass is 10.0. The van der Waals surface area contributed by atoms with Crippen LogP contribution in [0.1, 0.15) is 45.4 Å². The van der Waals surface area contributed by atoms with Crippen molar-refractivity contribution < 1.29 is 14.3 Å². The Morgan fingerprint density at radius 3 is 2.56 bits per heavy atom. The molecule has 1 saturated carbocycles. The van der Waals surface area contributed by atoms with Gasteiger partial charge in [0.2, 0.25) is 0 Å². The number of benzene rings is 1. The fraction of sp³-hybridized carbons (Fsp3) is 0.286. The van der Waals surface area contributed by atoms with Gasteiger partial charge < -0.3 is 4.74 Å². The second kappa shape index (κ2) is 7.12. The van der Waals surface area contributed by atoms with Crippen LogP contribution < -0.4 is 5.56 Å². The Balaban J connectivity index is 1.94. The number of ether oxygens (including phenoxy) is 1. The molecule has 0 amide bonds. The largest absolute Gasteiger partial charge is 0.462 e. The van der Waals surface area contributed by atoms with Crippen molar-refractivity contribution in [1.29, 1.82) is 0 Å². The first-order valence-electron chi connectivity index (χ1n) is 9.03. The lowest BCUT2D eigenvalue weighted by molar-refractivity contribution is 0.0529. The molecule has 0 aliphatic heterocycles. The zero-order chi connectivity index (χ0) is 19.0. The van der Waals surface area contributed by atoms with Crippen LogP contribution in [-0.4, -0.2) is 22.9 Å². The highest BCUT2D eigenvalue weighted by Gasteiger charge is 2.29. The zero-order valence-electron chi connectivity index (χ0n) is 14.9. The number of hydrogen-bond donors (Lipinski definition) is 0. The van der Waals surface area contributed by atoms with Crippen LogP contribution in [0, 0.1) is 5.92 Å². The molecule has 138 valence electrons. The van der Waals surface area contributed by atoms with E-state index in [4.69, 9.17) is 4.74 Å². The molecule has 6 heteroatoms. The maximum absolute atomic E-state index is 13.2. The highest BCUT2D eigenvalue weighted by molar-refractivity contribution is 7.21. The van der Waals surface area contributed by atoms with Crippen LogP contribution in [0.3, 0.4) is 0 Å². The molecule has 0 saturated heterocycles. The Labute approximate surface area is 160 Å². The van der Waals surface area contributed by atoms with Gasteiger partial charge in [-0.1, -0.05) is 30.3 Å². The van der Waals surface area contributed by atoms with Crippen molar-refractivity contribution in [3.63, 3.8) is 0 Å². The predicted molar refractivity (Wildman–Crippen MR) is 105 cm³/mol. The second-order valence-corrected chi connectivity index (χ2v) is 7.67. The molecule has 0 atom stereocenters. The lowest BCUT2D eigenvalue weighted by Crippen LogP contribution is -2.19. The van der Waals surface area contributed by atoms with Crippen LogP contribution in [0.5, 0.6) is 0 Å². The summed E-state index contributed by atoms with van der Waals surface area (Å²) in [6, 6.07) is 12.0. The Morgan fingerprint density at radius 1 is 1.15 bits per heavy atom. The van der Waals surface area contributed by atoms with Crippen LogP contribution in [0.15, 0.2) is 47.3 Å². The Hall–Kier alpha value is -2.73. The summed E-state index contributed by atoms with van der Waals surface area (Å²) >= 11 is 1.17. The van der Waals surface area contributed by atoms with E-state index in [0.717, 1.165) is 12.8 Å². The minimum atomic E-state index is -0.525. The van der Waals surface area contributed by atoms with Gasteiger partial charge in [-0.25, -0.2) is 4.79 Å². The highest BCUT2D eigenvalue weighted by atomic mass is 32.1. The molecular formula is C21H19NO4S. The first-order valence-corrected chi connectivity index (χ1v) is 9.85. The molecule has 0 radical (unpaired) electrons. The molecule has 2 heterocycles. The van der Waals surface area contributed by atoms with E-state index in [2.05, 4.69) is 0 Å². The van der Waals surface area contributed by atoms with Gasteiger partial charge in [0, 0.05) is 23.6 Å². The van der Waals surface area contributed by atoms with E-state index in [0.29, 0.717) is 33.8 Å². The average Bonchev–Trinajstić information content (AvgIpc) is 3.42. The van der Waals surface area contributed by atoms with E-state index in [-0.39, 0.29) is 22.8 Å². The van der Waals surface area contributed by atoms with Crippen LogP contribution in [0.2, 0.25) is 0 Å². The predicted octanol–water partition coefficient (Wildman–Crippen LogP) is 3.88. The first-order chi connectivity index (χ1) is 13.1. The highest BCUT2D eigenvalue weighted by Crippen LogP contribution is 2.36. The fourth-order valence-corrected chi connectivity index (χ4v) is 4.36. The average molecular weight is 381 g/mol. The van der Waals surface area contributed by atoms with Gasteiger partial charge in [-0.3, -0.25) is 14.2 Å². The third kappa shape index (κ3) is 3.32. The molecular weight excluding hydrogens is 362 g/mol. The van der Waals surface area contributed by atoms with Gasteiger partial charge in [-0.15, -0.1) is 11.3 Å². The van der Waals surface area contributed by atoms with Crippen molar-refractivity contribution in [2.24, 2.45) is 5.92 Å². The van der Waals surface area contributed by atoms with Gasteiger partial charge in [0.25, 0.3) is 5.56 Å². The number of nitrogens with zero attached hydrogens (tertiary/aromatic N) is 1. The standard InChI is InChI=1S/C21H19NO4S/c1-2-26-21(25)19-17(18(24)14-6-4-3-5-7-14)15-10-11-16(23)22(20(15)27-19)12-13-8-9-13/h3-7,10-11,13H,2,8-9,12H2,1H3. The van der Waals surface area contributed by atoms with E-state index in [1.807, 2.05) is 6.07 Å². The molecule has 0 bridgehead atoms. The summed E-state index contributed by atoms with van der Waals surface area (Å²) in [4.78, 5) is 39.1.